The summed E-state index contributed by atoms with van der Waals surface area (Å²) in [6.07, 6.45) is -3.57. The van der Waals surface area contributed by atoms with E-state index in [0.29, 0.717) is 16.8 Å². The molecule has 6 N–H and O–H groups in total. The lowest BCUT2D eigenvalue weighted by Crippen LogP contribution is -2.45. The van der Waals surface area contributed by atoms with E-state index in [1.165, 1.54) is 6.07 Å². The fraction of sp³-hybridized carbons (Fsp3) is 0.125. The van der Waals surface area contributed by atoms with Gasteiger partial charge in [-0.15, -0.1) is 0 Å². The molecule has 0 fully saturated rings. The van der Waals surface area contributed by atoms with Gasteiger partial charge in [0.05, 0.1) is 5.56 Å². The van der Waals surface area contributed by atoms with Crippen LogP contribution in [0.1, 0.15) is 20.7 Å². The second kappa shape index (κ2) is 4.94. The molecule has 6 heteroatoms. The van der Waals surface area contributed by atoms with Crippen LogP contribution in [0, 0.1) is 0 Å². The topological polar surface area (TPSA) is 127 Å². The Hall–Kier alpha value is -2.70. The monoisotopic (exact) mass is 298 g/mol. The molecule has 0 radical (unpaired) electrons. The Morgan fingerprint density at radius 3 is 1.91 bits per heavy atom. The van der Waals surface area contributed by atoms with E-state index in [0.717, 1.165) is 0 Å². The average molecular weight is 298 g/mol. The third-order valence-electron chi connectivity index (χ3n) is 3.79. The molecule has 0 saturated heterocycles. The number of Topliss-reactive ketones (excluding diaryl/α,β-unsaturated/α-hetero) is 2. The molecule has 6 nitrogen and oxygen atoms in total. The number of anilines is 2. The number of carbonyl (C=O) groups is 2. The van der Waals surface area contributed by atoms with Gasteiger partial charge in [0.25, 0.3) is 0 Å². The summed E-state index contributed by atoms with van der Waals surface area (Å²) < 4.78 is 0. The van der Waals surface area contributed by atoms with Crippen LogP contribution in [0.15, 0.2) is 36.4 Å². The molecule has 2 unspecified atom stereocenters. The van der Waals surface area contributed by atoms with Gasteiger partial charge in [0, 0.05) is 16.9 Å². The molecule has 112 valence electrons. The number of hydrogen-bond donors (Lipinski definition) is 4. The van der Waals surface area contributed by atoms with Crippen LogP contribution in [0.4, 0.5) is 11.4 Å². The van der Waals surface area contributed by atoms with Gasteiger partial charge in [0.15, 0.2) is 23.8 Å². The van der Waals surface area contributed by atoms with Crippen molar-refractivity contribution in [1.29, 1.82) is 0 Å². The number of benzene rings is 2. The molecule has 2 aromatic rings. The van der Waals surface area contributed by atoms with Crippen LogP contribution in [0.2, 0.25) is 0 Å². The molecule has 0 spiro atoms. The highest BCUT2D eigenvalue weighted by Crippen LogP contribution is 2.35. The fourth-order valence-corrected chi connectivity index (χ4v) is 2.63. The van der Waals surface area contributed by atoms with E-state index in [-0.39, 0.29) is 16.8 Å². The standard InChI is InChI=1S/C16H14N2O4/c17-8-3-1-7(2-4-8)9-5-6-10(18)12-11(9)13(19)15(21)16(22)14(12)20/h1-6,15-16,21-22H,17-18H2. The maximum Gasteiger partial charge on any atom is 0.197 e. The quantitative estimate of drug-likeness (QED) is 0.572. The Balaban J connectivity index is 2.30. The summed E-state index contributed by atoms with van der Waals surface area (Å²) >= 11 is 0. The number of aliphatic hydroxyl groups is 2. The van der Waals surface area contributed by atoms with Crippen molar-refractivity contribution in [2.24, 2.45) is 0 Å². The highest BCUT2D eigenvalue weighted by molar-refractivity contribution is 6.23. The first kappa shape index (κ1) is 14.2. The summed E-state index contributed by atoms with van der Waals surface area (Å²) in [6.45, 7) is 0. The number of carbonyl (C=O) groups excluding carboxylic acids is 2. The third kappa shape index (κ3) is 1.97. The summed E-state index contributed by atoms with van der Waals surface area (Å²) in [5.41, 5.74) is 13.2. The van der Waals surface area contributed by atoms with E-state index in [1.54, 1.807) is 30.3 Å². The van der Waals surface area contributed by atoms with E-state index in [9.17, 15) is 19.8 Å². The molecular formula is C16H14N2O4. The maximum atomic E-state index is 12.3. The van der Waals surface area contributed by atoms with Gasteiger partial charge in [-0.3, -0.25) is 9.59 Å². The van der Waals surface area contributed by atoms with Gasteiger partial charge in [0.1, 0.15) is 0 Å². The molecule has 3 rings (SSSR count). The highest BCUT2D eigenvalue weighted by atomic mass is 16.3. The van der Waals surface area contributed by atoms with Crippen molar-refractivity contribution in [3.05, 3.63) is 47.5 Å². The molecule has 2 aromatic carbocycles. The number of ketones is 2. The SMILES string of the molecule is Nc1ccc(-c2ccc(N)c3c2C(=O)C(O)C(O)C3=O)cc1. The lowest BCUT2D eigenvalue weighted by atomic mass is 9.80. The largest absolute Gasteiger partial charge is 0.399 e. The van der Waals surface area contributed by atoms with Crippen molar-refractivity contribution >= 4 is 22.9 Å². The van der Waals surface area contributed by atoms with E-state index >= 15 is 0 Å². The predicted octanol–water partition coefficient (Wildman–Crippen LogP) is 0.619. The number of hydrogen-bond acceptors (Lipinski definition) is 6. The zero-order valence-electron chi connectivity index (χ0n) is 11.5. The molecule has 0 aliphatic heterocycles. The second-order valence-electron chi connectivity index (χ2n) is 5.19. The van der Waals surface area contributed by atoms with Crippen molar-refractivity contribution in [3.8, 4) is 11.1 Å². The molecule has 0 aromatic heterocycles. The van der Waals surface area contributed by atoms with Crippen molar-refractivity contribution < 1.29 is 19.8 Å². The minimum absolute atomic E-state index is 0.0348. The number of rotatable bonds is 1. The average Bonchev–Trinajstić information content (AvgIpc) is 2.51. The number of aliphatic hydroxyl groups excluding tert-OH is 2. The van der Waals surface area contributed by atoms with Crippen molar-refractivity contribution in [1.82, 2.24) is 0 Å². The van der Waals surface area contributed by atoms with Gasteiger partial charge in [0.2, 0.25) is 0 Å². The highest BCUT2D eigenvalue weighted by Gasteiger charge is 2.41. The van der Waals surface area contributed by atoms with E-state index in [4.69, 9.17) is 11.5 Å². The van der Waals surface area contributed by atoms with Crippen LogP contribution < -0.4 is 11.5 Å². The minimum atomic E-state index is -1.79. The van der Waals surface area contributed by atoms with Crippen LogP contribution in [0.25, 0.3) is 11.1 Å². The van der Waals surface area contributed by atoms with Crippen LogP contribution in [-0.4, -0.2) is 34.0 Å². The van der Waals surface area contributed by atoms with Crippen molar-refractivity contribution in [3.63, 3.8) is 0 Å². The Kier molecular flexibility index (Phi) is 3.20. The zero-order chi connectivity index (χ0) is 16.0. The van der Waals surface area contributed by atoms with E-state index in [1.807, 2.05) is 0 Å². The molecule has 0 saturated carbocycles. The molecule has 22 heavy (non-hydrogen) atoms. The fourth-order valence-electron chi connectivity index (χ4n) is 2.63. The summed E-state index contributed by atoms with van der Waals surface area (Å²) in [5.74, 6) is -1.47. The molecule has 0 heterocycles. The van der Waals surface area contributed by atoms with Gasteiger partial charge in [-0.1, -0.05) is 18.2 Å². The number of nitrogen functional groups attached to an aromatic ring is 2. The summed E-state index contributed by atoms with van der Waals surface area (Å²) in [5, 5.41) is 19.5. The van der Waals surface area contributed by atoms with Crippen molar-refractivity contribution in [2.45, 2.75) is 12.2 Å². The lowest BCUT2D eigenvalue weighted by Gasteiger charge is -2.26. The van der Waals surface area contributed by atoms with E-state index < -0.39 is 23.8 Å². The molecule has 2 atom stereocenters. The first-order chi connectivity index (χ1) is 10.4. The summed E-state index contributed by atoms with van der Waals surface area (Å²) in [4.78, 5) is 24.5. The van der Waals surface area contributed by atoms with Crippen LogP contribution >= 0.6 is 0 Å². The van der Waals surface area contributed by atoms with Gasteiger partial charge in [-0.05, 0) is 29.3 Å². The summed E-state index contributed by atoms with van der Waals surface area (Å²) in [7, 11) is 0. The lowest BCUT2D eigenvalue weighted by molar-refractivity contribution is 0.0185. The third-order valence-corrected chi connectivity index (χ3v) is 3.79. The first-order valence-corrected chi connectivity index (χ1v) is 6.64. The second-order valence-corrected chi connectivity index (χ2v) is 5.19. The molecule has 1 aliphatic rings. The van der Waals surface area contributed by atoms with Crippen LogP contribution in [-0.2, 0) is 0 Å². The maximum absolute atomic E-state index is 12.3. The summed E-state index contributed by atoms with van der Waals surface area (Å²) in [6, 6.07) is 9.85. The minimum Gasteiger partial charge on any atom is -0.399 e. The predicted molar refractivity (Wildman–Crippen MR) is 81.4 cm³/mol. The van der Waals surface area contributed by atoms with Gasteiger partial charge < -0.3 is 21.7 Å². The Morgan fingerprint density at radius 2 is 1.32 bits per heavy atom. The Labute approximate surface area is 126 Å². The number of fused-ring (bicyclic) bond motifs is 1. The van der Waals surface area contributed by atoms with Gasteiger partial charge in [-0.2, -0.15) is 0 Å². The molecular weight excluding hydrogens is 284 g/mol. The molecule has 1 aliphatic carbocycles. The van der Waals surface area contributed by atoms with Gasteiger partial charge in [-0.25, -0.2) is 0 Å². The smallest absolute Gasteiger partial charge is 0.197 e. The zero-order valence-corrected chi connectivity index (χ0v) is 11.5. The van der Waals surface area contributed by atoms with Crippen LogP contribution in [0.3, 0.4) is 0 Å². The Morgan fingerprint density at radius 1 is 0.773 bits per heavy atom. The van der Waals surface area contributed by atoms with E-state index in [2.05, 4.69) is 0 Å². The molecule has 0 bridgehead atoms. The van der Waals surface area contributed by atoms with Crippen molar-refractivity contribution in [2.75, 3.05) is 11.5 Å². The molecule has 0 amide bonds. The van der Waals surface area contributed by atoms with Crippen LogP contribution in [0.5, 0.6) is 0 Å². The van der Waals surface area contributed by atoms with Gasteiger partial charge >= 0.3 is 0 Å². The first-order valence-electron chi connectivity index (χ1n) is 6.64. The Bertz CT molecular complexity index is 783. The normalized spacial score (nSPS) is 20.8. The number of nitrogens with two attached hydrogens (primary N) is 2.